The summed E-state index contributed by atoms with van der Waals surface area (Å²) < 4.78 is 0. The number of oxime groups is 1. The predicted molar refractivity (Wildman–Crippen MR) is 79.4 cm³/mol. The van der Waals surface area contributed by atoms with E-state index in [2.05, 4.69) is 26.6 Å². The lowest BCUT2D eigenvalue weighted by Gasteiger charge is -2.31. The molecule has 5 rings (SSSR count). The van der Waals surface area contributed by atoms with Gasteiger partial charge in [0.15, 0.2) is 0 Å². The highest BCUT2D eigenvalue weighted by Gasteiger charge is 2.54. The molecule has 1 aromatic heterocycles. The number of nitrogens with zero attached hydrogens (tertiary/aromatic N) is 3. The van der Waals surface area contributed by atoms with E-state index in [4.69, 9.17) is 11.6 Å². The molecular weight excluding hydrogens is 288 g/mol. The molecule has 106 valence electrons. The van der Waals surface area contributed by atoms with E-state index >= 15 is 0 Å². The number of aromatic amines is 1. The summed E-state index contributed by atoms with van der Waals surface area (Å²) in [5, 5.41) is 24.5. The first-order valence-electron chi connectivity index (χ1n) is 7.19. The molecule has 5 nitrogen and oxygen atoms in total. The van der Waals surface area contributed by atoms with Crippen LogP contribution in [0.3, 0.4) is 0 Å². The summed E-state index contributed by atoms with van der Waals surface area (Å²) in [4.78, 5) is 0. The molecule has 1 aromatic carbocycles. The molecule has 0 unspecified atom stereocenters. The fourth-order valence-corrected chi connectivity index (χ4v) is 5.12. The summed E-state index contributed by atoms with van der Waals surface area (Å²) >= 11 is 6.61. The number of hydrogen-bond donors (Lipinski definition) is 2. The number of hydrogen-bond acceptors (Lipinski definition) is 4. The van der Waals surface area contributed by atoms with E-state index in [0.29, 0.717) is 10.7 Å². The lowest BCUT2D eigenvalue weighted by atomic mass is 9.74. The molecule has 0 radical (unpaired) electrons. The average Bonchev–Trinajstić information content (AvgIpc) is 3.15. The van der Waals surface area contributed by atoms with Crippen LogP contribution in [0.15, 0.2) is 22.3 Å². The van der Waals surface area contributed by atoms with Crippen molar-refractivity contribution < 1.29 is 5.21 Å². The van der Waals surface area contributed by atoms with Gasteiger partial charge in [0.25, 0.3) is 0 Å². The van der Waals surface area contributed by atoms with Crippen molar-refractivity contribution >= 4 is 33.9 Å². The number of fused-ring (bicyclic) bond motifs is 5. The number of nitrogens with one attached hydrogen (secondary N) is 1. The van der Waals surface area contributed by atoms with Gasteiger partial charge in [-0.15, -0.1) is 5.10 Å². The molecule has 3 aliphatic rings. The van der Waals surface area contributed by atoms with Crippen LogP contribution in [-0.4, -0.2) is 26.3 Å². The Morgan fingerprint density at radius 2 is 2.33 bits per heavy atom. The summed E-state index contributed by atoms with van der Waals surface area (Å²) in [7, 11) is 0. The number of aromatic nitrogens is 3. The highest BCUT2D eigenvalue weighted by Crippen LogP contribution is 2.63. The van der Waals surface area contributed by atoms with Crippen molar-refractivity contribution in [2.45, 2.75) is 25.7 Å². The molecule has 0 aliphatic heterocycles. The van der Waals surface area contributed by atoms with Gasteiger partial charge in [0.2, 0.25) is 0 Å². The van der Waals surface area contributed by atoms with E-state index in [1.165, 1.54) is 5.56 Å². The maximum absolute atomic E-state index is 9.33. The number of allylic oxidation sites excluding steroid dienone is 2. The van der Waals surface area contributed by atoms with Crippen molar-refractivity contribution in [1.82, 2.24) is 15.4 Å². The topological polar surface area (TPSA) is 74.2 Å². The Hall–Kier alpha value is -1.88. The van der Waals surface area contributed by atoms with Gasteiger partial charge < -0.3 is 5.21 Å². The van der Waals surface area contributed by atoms with Crippen LogP contribution < -0.4 is 0 Å². The van der Waals surface area contributed by atoms with Gasteiger partial charge in [-0.05, 0) is 48.4 Å². The van der Waals surface area contributed by atoms with Gasteiger partial charge >= 0.3 is 0 Å². The number of benzene rings is 1. The van der Waals surface area contributed by atoms with Crippen LogP contribution in [0, 0.1) is 11.3 Å². The summed E-state index contributed by atoms with van der Waals surface area (Å²) in [6, 6.07) is 4.10. The third kappa shape index (κ3) is 1.26. The maximum atomic E-state index is 9.33. The molecule has 1 heterocycles. The standard InChI is InChI=1S/C15H13ClN4O/c16-12-11-8-1-2-10-14(18-20-17-10)9(8)6-15(11)4-3-7(5-15)13(12)19-21/h1-2,7,21H,3-6H2,(H,17,18,20)/b19-13+/t7-,15+/m1/s1. The van der Waals surface area contributed by atoms with Crippen LogP contribution in [0.4, 0.5) is 0 Å². The Morgan fingerprint density at radius 1 is 1.43 bits per heavy atom. The smallest absolute Gasteiger partial charge is 0.116 e. The van der Waals surface area contributed by atoms with E-state index in [1.807, 2.05) is 6.07 Å². The van der Waals surface area contributed by atoms with E-state index < -0.39 is 0 Å². The number of rotatable bonds is 0. The van der Waals surface area contributed by atoms with Crippen molar-refractivity contribution in [1.29, 1.82) is 0 Å². The lowest BCUT2D eigenvalue weighted by Crippen LogP contribution is -2.26. The van der Waals surface area contributed by atoms with Crippen molar-refractivity contribution in [3.63, 3.8) is 0 Å². The van der Waals surface area contributed by atoms with Gasteiger partial charge in [-0.3, -0.25) is 5.10 Å². The predicted octanol–water partition coefficient (Wildman–Crippen LogP) is 3.09. The molecule has 0 saturated heterocycles. The van der Waals surface area contributed by atoms with Crippen molar-refractivity contribution in [3.05, 3.63) is 28.3 Å². The molecule has 1 spiro atoms. The van der Waals surface area contributed by atoms with Crippen molar-refractivity contribution in [3.8, 4) is 0 Å². The van der Waals surface area contributed by atoms with Crippen LogP contribution in [0.5, 0.6) is 0 Å². The Bertz CT molecular complexity index is 852. The van der Waals surface area contributed by atoms with E-state index in [-0.39, 0.29) is 11.3 Å². The van der Waals surface area contributed by atoms with Crippen LogP contribution in [0.25, 0.3) is 16.6 Å². The van der Waals surface area contributed by atoms with Gasteiger partial charge in [0, 0.05) is 11.3 Å². The first-order valence-corrected chi connectivity index (χ1v) is 7.57. The molecule has 1 fully saturated rings. The molecule has 2 N–H and O–H groups in total. The van der Waals surface area contributed by atoms with Gasteiger partial charge in [-0.25, -0.2) is 0 Å². The minimum Gasteiger partial charge on any atom is -0.411 e. The Morgan fingerprint density at radius 3 is 3.19 bits per heavy atom. The first-order chi connectivity index (χ1) is 10.2. The molecule has 1 saturated carbocycles. The van der Waals surface area contributed by atoms with Crippen LogP contribution >= 0.6 is 11.6 Å². The SMILES string of the molecule is O/N=C1/C(Cl)=C2c3ccc4[nH]nnc4c3C[C@@]23CC[C@@H]1C3. The summed E-state index contributed by atoms with van der Waals surface area (Å²) in [5.74, 6) is 0.286. The Kier molecular flexibility index (Phi) is 2.04. The van der Waals surface area contributed by atoms with Gasteiger partial charge in [-0.2, -0.15) is 0 Å². The highest BCUT2D eigenvalue weighted by atomic mass is 35.5. The summed E-state index contributed by atoms with van der Waals surface area (Å²) in [6.45, 7) is 0. The summed E-state index contributed by atoms with van der Waals surface area (Å²) in [5.41, 5.74) is 6.21. The Labute approximate surface area is 125 Å². The quantitative estimate of drug-likeness (QED) is 0.580. The van der Waals surface area contributed by atoms with E-state index in [9.17, 15) is 5.21 Å². The molecule has 2 atom stereocenters. The zero-order valence-corrected chi connectivity index (χ0v) is 12.0. The van der Waals surface area contributed by atoms with Crippen LogP contribution in [0.2, 0.25) is 0 Å². The largest absolute Gasteiger partial charge is 0.411 e. The highest BCUT2D eigenvalue weighted by molar-refractivity contribution is 6.47. The lowest BCUT2D eigenvalue weighted by molar-refractivity contribution is 0.313. The molecule has 2 aromatic rings. The molecular formula is C15H13ClN4O. The Balaban J connectivity index is 1.87. The molecule has 21 heavy (non-hydrogen) atoms. The normalized spacial score (nSPS) is 32.0. The van der Waals surface area contributed by atoms with E-state index in [1.54, 1.807) is 0 Å². The fourth-order valence-electron chi connectivity index (χ4n) is 4.63. The monoisotopic (exact) mass is 300 g/mol. The zero-order chi connectivity index (χ0) is 14.2. The van der Waals surface area contributed by atoms with Gasteiger partial charge in [-0.1, -0.05) is 28.0 Å². The first kappa shape index (κ1) is 11.7. The molecule has 0 amide bonds. The third-order valence-corrected chi connectivity index (χ3v) is 5.85. The third-order valence-electron chi connectivity index (χ3n) is 5.47. The molecule has 3 aliphatic carbocycles. The minimum absolute atomic E-state index is 0.103. The molecule has 6 heteroatoms. The average molecular weight is 301 g/mol. The number of halogens is 1. The molecule has 2 bridgehead atoms. The van der Waals surface area contributed by atoms with Crippen LogP contribution in [-0.2, 0) is 6.42 Å². The second kappa shape index (κ2) is 3.65. The second-order valence-corrected chi connectivity index (χ2v) is 6.75. The second-order valence-electron chi connectivity index (χ2n) is 6.37. The van der Waals surface area contributed by atoms with Gasteiger partial charge in [0.1, 0.15) is 11.2 Å². The van der Waals surface area contributed by atoms with Crippen molar-refractivity contribution in [2.75, 3.05) is 0 Å². The maximum Gasteiger partial charge on any atom is 0.116 e. The van der Waals surface area contributed by atoms with Crippen molar-refractivity contribution in [2.24, 2.45) is 16.5 Å². The van der Waals surface area contributed by atoms with Gasteiger partial charge in [0.05, 0.1) is 10.5 Å². The fraction of sp³-hybridized carbons (Fsp3) is 0.400. The minimum atomic E-state index is 0.103. The zero-order valence-electron chi connectivity index (χ0n) is 11.2. The van der Waals surface area contributed by atoms with E-state index in [0.717, 1.165) is 47.9 Å². The number of H-pyrrole nitrogens is 1. The summed E-state index contributed by atoms with van der Waals surface area (Å²) in [6.07, 6.45) is 4.12. The van der Waals surface area contributed by atoms with Crippen LogP contribution in [0.1, 0.15) is 30.4 Å².